The molecule has 0 spiro atoms. The van der Waals surface area contributed by atoms with Gasteiger partial charge in [0.25, 0.3) is 0 Å². The molecule has 1 N–H and O–H groups in total. The highest BCUT2D eigenvalue weighted by Crippen LogP contribution is 2.24. The highest BCUT2D eigenvalue weighted by Gasteiger charge is 2.02. The monoisotopic (exact) mass is 410 g/mol. The normalized spacial score (nSPS) is 9.84. The molecule has 3 aromatic carbocycles. The highest BCUT2D eigenvalue weighted by atomic mass is 15.5. The minimum Gasteiger partial charge on any atom is -0.244 e. The molecule has 156 valence electrons. The minimum absolute atomic E-state index is 0.998. The van der Waals surface area contributed by atoms with Gasteiger partial charge in [-0.05, 0) is 35.6 Å². The van der Waals surface area contributed by atoms with E-state index in [4.69, 9.17) is 0 Å². The van der Waals surface area contributed by atoms with E-state index in [2.05, 4.69) is 92.1 Å². The van der Waals surface area contributed by atoms with Crippen molar-refractivity contribution in [1.29, 1.82) is 0 Å². The van der Waals surface area contributed by atoms with E-state index < -0.39 is 0 Å². The number of benzene rings is 3. The Hall–Kier alpha value is -3.93. The maximum atomic E-state index is 4.07. The molecule has 0 radical (unpaired) electrons. The Morgan fingerprint density at radius 2 is 1.58 bits per heavy atom. The highest BCUT2D eigenvalue weighted by molar-refractivity contribution is 5.76. The van der Waals surface area contributed by atoms with Crippen LogP contribution in [0.2, 0.25) is 0 Å². The zero-order valence-electron chi connectivity index (χ0n) is 17.6. The number of aromatic nitrogens is 6. The second-order valence-electron chi connectivity index (χ2n) is 6.77. The van der Waals surface area contributed by atoms with Crippen LogP contribution < -0.4 is 0 Å². The lowest BCUT2D eigenvalue weighted by atomic mass is 9.96. The molecule has 2 aromatic heterocycles. The van der Waals surface area contributed by atoms with Crippen LogP contribution in [0, 0.1) is 0 Å². The zero-order chi connectivity index (χ0) is 21.6. The van der Waals surface area contributed by atoms with Gasteiger partial charge in [-0.3, -0.25) is 0 Å². The third kappa shape index (κ3) is 7.12. The number of nitrogens with zero attached hydrogens (tertiary/aromatic N) is 5. The van der Waals surface area contributed by atoms with Crippen LogP contribution in [0.3, 0.4) is 0 Å². The lowest BCUT2D eigenvalue weighted by molar-refractivity contribution is 0.796. The quantitative estimate of drug-likeness (QED) is 0.422. The molecule has 0 unspecified atom stereocenters. The maximum absolute atomic E-state index is 4.07. The van der Waals surface area contributed by atoms with E-state index in [1.807, 2.05) is 30.5 Å². The van der Waals surface area contributed by atoms with Crippen LogP contribution in [0.1, 0.15) is 25.3 Å². The molecule has 0 aliphatic rings. The van der Waals surface area contributed by atoms with E-state index in [0.29, 0.717) is 0 Å². The number of H-pyrrole nitrogens is 1. The number of tetrazole rings is 1. The van der Waals surface area contributed by atoms with Crippen molar-refractivity contribution in [3.63, 3.8) is 0 Å². The molecule has 31 heavy (non-hydrogen) atoms. The van der Waals surface area contributed by atoms with E-state index >= 15 is 0 Å². The molecule has 0 atom stereocenters. The Morgan fingerprint density at radius 3 is 2.29 bits per heavy atom. The van der Waals surface area contributed by atoms with Crippen molar-refractivity contribution in [1.82, 2.24) is 30.6 Å². The van der Waals surface area contributed by atoms with Gasteiger partial charge in [-0.15, -0.1) is 10.2 Å². The first kappa shape index (κ1) is 21.8. The Labute approximate surface area is 182 Å². The average molecular weight is 411 g/mol. The van der Waals surface area contributed by atoms with Crippen LogP contribution in [-0.4, -0.2) is 30.6 Å². The van der Waals surface area contributed by atoms with E-state index in [0.717, 1.165) is 10.9 Å². The summed E-state index contributed by atoms with van der Waals surface area (Å²) in [5.41, 5.74) is 5.18. The Balaban J connectivity index is 0.000000153. The van der Waals surface area contributed by atoms with Gasteiger partial charge in [0.15, 0.2) is 6.33 Å². The van der Waals surface area contributed by atoms with Crippen molar-refractivity contribution in [2.24, 2.45) is 0 Å². The second-order valence-corrected chi connectivity index (χ2v) is 6.77. The van der Waals surface area contributed by atoms with Gasteiger partial charge in [0, 0.05) is 11.6 Å². The Morgan fingerprint density at radius 1 is 0.806 bits per heavy atom. The predicted molar refractivity (Wildman–Crippen MR) is 124 cm³/mol. The van der Waals surface area contributed by atoms with Crippen molar-refractivity contribution < 1.29 is 0 Å². The van der Waals surface area contributed by atoms with Crippen LogP contribution >= 0.6 is 0 Å². The van der Waals surface area contributed by atoms with Gasteiger partial charge in [0.05, 0.1) is 5.52 Å². The fourth-order valence-electron chi connectivity index (χ4n) is 3.06. The third-order valence-electron chi connectivity index (χ3n) is 4.59. The van der Waals surface area contributed by atoms with Crippen molar-refractivity contribution in [2.45, 2.75) is 26.2 Å². The second kappa shape index (κ2) is 12.6. The van der Waals surface area contributed by atoms with Gasteiger partial charge in [0.1, 0.15) is 6.33 Å². The standard InChI is InChI=1S/C16H18.C8H6N2.CH2N4/c1-2-3-9-14-12-7-8-13-16(14)15-10-5-4-6-11-15;1-2-4-8-7(3-1)5-9-6-10-8;1-2-4-5-3-1/h4-8,10-13H,2-3,9H2,1H3;1-6H;1H,(H,2,3,4,5). The van der Waals surface area contributed by atoms with Gasteiger partial charge in [0.2, 0.25) is 0 Å². The summed E-state index contributed by atoms with van der Waals surface area (Å²) in [5.74, 6) is 0. The molecule has 0 saturated carbocycles. The first-order chi connectivity index (χ1) is 15.4. The van der Waals surface area contributed by atoms with E-state index in [1.165, 1.54) is 42.3 Å². The first-order valence-corrected chi connectivity index (χ1v) is 10.3. The molecule has 0 bridgehead atoms. The summed E-state index contributed by atoms with van der Waals surface area (Å²) in [6.07, 6.45) is 8.40. The number of unbranched alkanes of at least 4 members (excludes halogenated alkanes) is 1. The molecule has 0 aliphatic carbocycles. The fourth-order valence-corrected chi connectivity index (χ4v) is 3.06. The maximum Gasteiger partial charge on any atom is 0.161 e. The molecule has 6 heteroatoms. The van der Waals surface area contributed by atoms with Crippen molar-refractivity contribution >= 4 is 10.9 Å². The predicted octanol–water partition coefficient (Wildman–Crippen LogP) is 5.53. The number of nitrogens with one attached hydrogen (secondary N) is 1. The summed E-state index contributed by atoms with van der Waals surface area (Å²) in [6, 6.07) is 27.3. The molecule has 5 aromatic rings. The molecule has 0 aliphatic heterocycles. The van der Waals surface area contributed by atoms with Gasteiger partial charge < -0.3 is 0 Å². The summed E-state index contributed by atoms with van der Waals surface area (Å²) in [7, 11) is 0. The molecule has 6 nitrogen and oxygen atoms in total. The molecule has 0 saturated heterocycles. The number of fused-ring (bicyclic) bond motifs is 1. The molecular formula is C25H26N6. The van der Waals surface area contributed by atoms with Gasteiger partial charge in [-0.2, -0.15) is 5.21 Å². The number of aryl methyl sites for hydroxylation is 1. The molecule has 5 rings (SSSR count). The van der Waals surface area contributed by atoms with Crippen molar-refractivity contribution in [3.8, 4) is 11.1 Å². The SMILES string of the molecule is CCCCc1ccccc1-c1ccccc1.c1ccc2ncncc2c1.c1nn[nH]n1. The summed E-state index contributed by atoms with van der Waals surface area (Å²) < 4.78 is 0. The summed E-state index contributed by atoms with van der Waals surface area (Å²) in [5, 5.41) is 13.3. The van der Waals surface area contributed by atoms with E-state index in [9.17, 15) is 0 Å². The third-order valence-corrected chi connectivity index (χ3v) is 4.59. The van der Waals surface area contributed by atoms with E-state index in [-0.39, 0.29) is 0 Å². The molecule has 0 amide bonds. The van der Waals surface area contributed by atoms with Crippen LogP contribution in [0.15, 0.2) is 97.7 Å². The Bertz CT molecular complexity index is 1040. The van der Waals surface area contributed by atoms with Gasteiger partial charge in [-0.1, -0.05) is 91.4 Å². The fraction of sp³-hybridized carbons (Fsp3) is 0.160. The van der Waals surface area contributed by atoms with Gasteiger partial charge >= 0.3 is 0 Å². The number of aromatic amines is 1. The van der Waals surface area contributed by atoms with Crippen molar-refractivity contribution in [2.75, 3.05) is 0 Å². The minimum atomic E-state index is 0.998. The smallest absolute Gasteiger partial charge is 0.161 e. The van der Waals surface area contributed by atoms with E-state index in [1.54, 1.807) is 6.33 Å². The van der Waals surface area contributed by atoms with Crippen LogP contribution in [0.25, 0.3) is 22.0 Å². The number of para-hydroxylation sites is 1. The summed E-state index contributed by atoms with van der Waals surface area (Å²) in [6.45, 7) is 2.24. The number of hydrogen-bond acceptors (Lipinski definition) is 5. The average Bonchev–Trinajstić information content (AvgIpc) is 3.44. The Kier molecular flexibility index (Phi) is 8.84. The lowest BCUT2D eigenvalue weighted by Gasteiger charge is -2.08. The van der Waals surface area contributed by atoms with Gasteiger partial charge in [-0.25, -0.2) is 9.97 Å². The van der Waals surface area contributed by atoms with Crippen molar-refractivity contribution in [3.05, 3.63) is 103 Å². The molecule has 2 heterocycles. The largest absolute Gasteiger partial charge is 0.244 e. The number of rotatable bonds is 4. The topological polar surface area (TPSA) is 80.2 Å². The summed E-state index contributed by atoms with van der Waals surface area (Å²) in [4.78, 5) is 7.97. The first-order valence-electron chi connectivity index (χ1n) is 10.3. The number of hydrogen-bond donors (Lipinski definition) is 1. The van der Waals surface area contributed by atoms with Crippen LogP contribution in [0.5, 0.6) is 0 Å². The molecule has 0 fully saturated rings. The summed E-state index contributed by atoms with van der Waals surface area (Å²) >= 11 is 0. The van der Waals surface area contributed by atoms with Crippen LogP contribution in [0.4, 0.5) is 0 Å². The zero-order valence-corrected chi connectivity index (χ0v) is 17.6. The molecular weight excluding hydrogens is 384 g/mol. The van der Waals surface area contributed by atoms with Crippen LogP contribution in [-0.2, 0) is 6.42 Å². The lowest BCUT2D eigenvalue weighted by Crippen LogP contribution is -1.89.